The Labute approximate surface area is 287 Å². The normalized spacial score (nSPS) is 12.9. The molecule has 48 heavy (non-hydrogen) atoms. The first-order chi connectivity index (χ1) is 23.3. The second-order valence-electron chi connectivity index (χ2n) is 11.9. The third-order valence-corrected chi connectivity index (χ3v) is 8.80. The quantitative estimate of drug-likeness (QED) is 0.121. The van der Waals surface area contributed by atoms with E-state index in [1.165, 1.54) is 32.1 Å². The number of aromatic nitrogens is 1. The second-order valence-corrected chi connectivity index (χ2v) is 12.3. The third kappa shape index (κ3) is 9.26. The van der Waals surface area contributed by atoms with Gasteiger partial charge in [-0.05, 0) is 92.2 Å². The van der Waals surface area contributed by atoms with E-state index in [-0.39, 0.29) is 26.3 Å². The summed E-state index contributed by atoms with van der Waals surface area (Å²) in [7, 11) is 0. The predicted molar refractivity (Wildman–Crippen MR) is 186 cm³/mol. The molecule has 1 saturated heterocycles. The Hall–Kier alpha value is -4.62. The van der Waals surface area contributed by atoms with Crippen LogP contribution < -0.4 is 19.5 Å². The van der Waals surface area contributed by atoms with Crippen LogP contribution in [0.5, 0.6) is 17.2 Å². The smallest absolute Gasteiger partial charge is 0.317 e. The maximum Gasteiger partial charge on any atom is 0.317 e. The number of nitriles is 1. The lowest BCUT2D eigenvalue weighted by atomic mass is 9.93. The van der Waals surface area contributed by atoms with E-state index < -0.39 is 5.97 Å². The van der Waals surface area contributed by atoms with Crippen LogP contribution in [0.2, 0.25) is 5.02 Å². The summed E-state index contributed by atoms with van der Waals surface area (Å²) in [6, 6.07) is 19.6. The van der Waals surface area contributed by atoms with Gasteiger partial charge in [0.05, 0.1) is 23.7 Å². The molecule has 1 aliphatic heterocycles. The number of pyridine rings is 1. The second kappa shape index (κ2) is 17.0. The van der Waals surface area contributed by atoms with E-state index in [1.807, 2.05) is 24.3 Å². The fraction of sp³-hybridized carbons (Fsp3) is 0.342. The number of benzene rings is 3. The Bertz CT molecular complexity index is 1770. The van der Waals surface area contributed by atoms with Gasteiger partial charge >= 0.3 is 5.97 Å². The SMILES string of the molecule is Cc1c(COc2cc(OCc3cncc(C#N)c3)c(CNCC(=O)O)cc2Cl)cccc1-c1cccc(OCCCN2CCCC2)c1C. The topological polar surface area (TPSA) is 117 Å². The molecule has 0 atom stereocenters. The molecule has 2 heterocycles. The molecular weight excluding hydrogens is 628 g/mol. The van der Waals surface area contributed by atoms with Gasteiger partial charge in [0.1, 0.15) is 36.5 Å². The summed E-state index contributed by atoms with van der Waals surface area (Å²) in [5.74, 6) is 0.848. The first kappa shape index (κ1) is 34.7. The van der Waals surface area contributed by atoms with E-state index in [9.17, 15) is 10.1 Å². The molecule has 0 radical (unpaired) electrons. The van der Waals surface area contributed by atoms with E-state index in [4.69, 9.17) is 30.9 Å². The summed E-state index contributed by atoms with van der Waals surface area (Å²) in [6.07, 6.45) is 6.72. The van der Waals surface area contributed by atoms with Crippen molar-refractivity contribution in [3.8, 4) is 34.4 Å². The number of hydrogen-bond donors (Lipinski definition) is 2. The number of hydrogen-bond acceptors (Lipinski definition) is 8. The molecule has 0 unspecified atom stereocenters. The van der Waals surface area contributed by atoms with Crippen LogP contribution in [0.4, 0.5) is 0 Å². The van der Waals surface area contributed by atoms with Gasteiger partial charge in [0.2, 0.25) is 0 Å². The summed E-state index contributed by atoms with van der Waals surface area (Å²) in [6.45, 7) is 8.79. The summed E-state index contributed by atoms with van der Waals surface area (Å²) >= 11 is 6.67. The number of carboxylic acid groups (broad SMARTS) is 1. The van der Waals surface area contributed by atoms with E-state index in [0.29, 0.717) is 34.3 Å². The molecule has 0 spiro atoms. The number of nitrogens with zero attached hydrogens (tertiary/aromatic N) is 3. The van der Waals surface area contributed by atoms with Crippen LogP contribution in [0.3, 0.4) is 0 Å². The van der Waals surface area contributed by atoms with Crippen molar-refractivity contribution >= 4 is 17.6 Å². The molecule has 9 nitrogen and oxygen atoms in total. The number of carboxylic acids is 1. The van der Waals surface area contributed by atoms with Gasteiger partial charge < -0.3 is 29.5 Å². The maximum atomic E-state index is 11.1. The zero-order valence-electron chi connectivity index (χ0n) is 27.4. The lowest BCUT2D eigenvalue weighted by Crippen LogP contribution is -2.22. The zero-order chi connectivity index (χ0) is 33.9. The van der Waals surface area contributed by atoms with E-state index in [1.54, 1.807) is 24.4 Å². The van der Waals surface area contributed by atoms with Gasteiger partial charge in [-0.3, -0.25) is 9.78 Å². The molecule has 5 rings (SSSR count). The largest absolute Gasteiger partial charge is 0.493 e. The van der Waals surface area contributed by atoms with Gasteiger partial charge in [-0.25, -0.2) is 0 Å². The monoisotopic (exact) mass is 668 g/mol. The van der Waals surface area contributed by atoms with Gasteiger partial charge in [-0.1, -0.05) is 41.9 Å². The molecule has 0 amide bonds. The van der Waals surface area contributed by atoms with E-state index >= 15 is 0 Å². The Morgan fingerprint density at radius 2 is 1.69 bits per heavy atom. The van der Waals surface area contributed by atoms with Crippen LogP contribution >= 0.6 is 11.6 Å². The van der Waals surface area contributed by atoms with Crippen molar-refractivity contribution in [1.82, 2.24) is 15.2 Å². The van der Waals surface area contributed by atoms with Crippen LogP contribution in [-0.2, 0) is 24.6 Å². The highest BCUT2D eigenvalue weighted by Crippen LogP contribution is 2.36. The van der Waals surface area contributed by atoms with Gasteiger partial charge in [-0.2, -0.15) is 5.26 Å². The lowest BCUT2D eigenvalue weighted by Gasteiger charge is -2.18. The molecule has 250 valence electrons. The summed E-state index contributed by atoms with van der Waals surface area (Å²) in [5.41, 5.74) is 7.26. The molecular formula is C38H41ClN4O5. The van der Waals surface area contributed by atoms with Crippen molar-refractivity contribution in [2.45, 2.75) is 52.9 Å². The first-order valence-electron chi connectivity index (χ1n) is 16.2. The molecule has 1 aliphatic rings. The molecule has 1 aromatic heterocycles. The molecule has 10 heteroatoms. The van der Waals surface area contributed by atoms with Crippen molar-refractivity contribution in [2.24, 2.45) is 0 Å². The Morgan fingerprint density at radius 3 is 2.46 bits per heavy atom. The minimum atomic E-state index is -0.970. The highest BCUT2D eigenvalue weighted by Gasteiger charge is 2.16. The van der Waals surface area contributed by atoms with Crippen molar-refractivity contribution in [1.29, 1.82) is 5.26 Å². The molecule has 0 saturated carbocycles. The zero-order valence-corrected chi connectivity index (χ0v) is 28.2. The standard InChI is InChI=1S/C38H41ClN4O5/c1-26-30(8-5-9-32(26)33-10-6-11-35(27(33)2)46-15-7-14-43-12-3-4-13-43)25-48-37-18-36(31(17-34(37)39)22-42-23-38(44)45)47-24-29-16-28(19-40)20-41-21-29/h5-6,8-11,16-18,20-21,42H,3-4,7,12-15,22-25H2,1-2H3,(H,44,45). The number of nitrogens with one attached hydrogen (secondary N) is 1. The van der Waals surface area contributed by atoms with Gasteiger partial charge in [0.15, 0.2) is 0 Å². The number of ether oxygens (including phenoxy) is 3. The maximum absolute atomic E-state index is 11.1. The molecule has 1 fully saturated rings. The van der Waals surface area contributed by atoms with E-state index in [2.05, 4.69) is 47.3 Å². The Morgan fingerprint density at radius 1 is 0.938 bits per heavy atom. The van der Waals surface area contributed by atoms with Crippen molar-refractivity contribution < 1.29 is 24.1 Å². The molecule has 4 aromatic rings. The van der Waals surface area contributed by atoms with Crippen molar-refractivity contribution in [2.75, 3.05) is 32.8 Å². The van der Waals surface area contributed by atoms with Crippen molar-refractivity contribution in [3.05, 3.63) is 105 Å². The highest BCUT2D eigenvalue weighted by atomic mass is 35.5. The summed E-state index contributed by atoms with van der Waals surface area (Å²) < 4.78 is 18.6. The van der Waals surface area contributed by atoms with E-state index in [0.717, 1.165) is 52.1 Å². The van der Waals surface area contributed by atoms with Gasteiger partial charge in [-0.15, -0.1) is 0 Å². The number of carbonyl (C=O) groups is 1. The average molecular weight is 669 g/mol. The van der Waals surface area contributed by atoms with Gasteiger partial charge in [0, 0.05) is 42.7 Å². The van der Waals surface area contributed by atoms with Crippen LogP contribution in [0, 0.1) is 25.2 Å². The first-order valence-corrected chi connectivity index (χ1v) is 16.6. The van der Waals surface area contributed by atoms with Crippen molar-refractivity contribution in [3.63, 3.8) is 0 Å². The molecule has 3 aromatic carbocycles. The van der Waals surface area contributed by atoms with Crippen LogP contribution in [0.25, 0.3) is 11.1 Å². The minimum Gasteiger partial charge on any atom is -0.493 e. The summed E-state index contributed by atoms with van der Waals surface area (Å²) in [5, 5.41) is 21.6. The number of likely N-dealkylation sites (tertiary alicyclic amines) is 1. The minimum absolute atomic E-state index is 0.150. The number of halogens is 1. The predicted octanol–water partition coefficient (Wildman–Crippen LogP) is 7.09. The van der Waals surface area contributed by atoms with Gasteiger partial charge in [0.25, 0.3) is 0 Å². The number of rotatable bonds is 16. The highest BCUT2D eigenvalue weighted by molar-refractivity contribution is 6.32. The molecule has 0 aliphatic carbocycles. The van der Waals surface area contributed by atoms with Crippen LogP contribution in [0.1, 0.15) is 52.6 Å². The fourth-order valence-corrected chi connectivity index (χ4v) is 6.12. The number of aliphatic carboxylic acids is 1. The summed E-state index contributed by atoms with van der Waals surface area (Å²) in [4.78, 5) is 17.7. The van der Waals surface area contributed by atoms with Crippen LogP contribution in [0.15, 0.2) is 67.0 Å². The third-order valence-electron chi connectivity index (χ3n) is 8.50. The average Bonchev–Trinajstić information content (AvgIpc) is 3.61. The van der Waals surface area contributed by atoms with Crippen LogP contribution in [-0.4, -0.2) is 53.7 Å². The fourth-order valence-electron chi connectivity index (χ4n) is 5.88. The Kier molecular flexibility index (Phi) is 12.3. The molecule has 2 N–H and O–H groups in total. The lowest BCUT2D eigenvalue weighted by molar-refractivity contribution is -0.136. The Balaban J connectivity index is 1.30. The molecule has 0 bridgehead atoms.